The smallest absolute Gasteiger partial charge is 0.265 e. The van der Waals surface area contributed by atoms with Gasteiger partial charge in [-0.15, -0.1) is 28.3 Å². The zero-order chi connectivity index (χ0) is 24.4. The lowest BCUT2D eigenvalue weighted by molar-refractivity contribution is 0.0642. The van der Waals surface area contributed by atoms with Gasteiger partial charge in [0.15, 0.2) is 0 Å². The molecule has 2 N–H and O–H groups in total. The van der Waals surface area contributed by atoms with Crippen molar-refractivity contribution in [1.29, 1.82) is 0 Å². The summed E-state index contributed by atoms with van der Waals surface area (Å²) >= 11 is 7.07. The number of aromatic nitrogens is 1. The van der Waals surface area contributed by atoms with Crippen LogP contribution in [0.1, 0.15) is 41.5 Å². The largest absolute Gasteiger partial charge is 0.380 e. The summed E-state index contributed by atoms with van der Waals surface area (Å²) in [6, 6.07) is 19.6. The second-order valence-electron chi connectivity index (χ2n) is 7.90. The molecule has 4 aromatic rings. The number of imide groups is 1. The van der Waals surface area contributed by atoms with Gasteiger partial charge in [-0.1, -0.05) is 41.9 Å². The van der Waals surface area contributed by atoms with Gasteiger partial charge in [-0.25, -0.2) is 0 Å². The molecule has 1 aliphatic rings. The second-order valence-corrected chi connectivity index (χ2v) is 9.61. The highest BCUT2D eigenvalue weighted by Crippen LogP contribution is 2.31. The van der Waals surface area contributed by atoms with Gasteiger partial charge in [0.25, 0.3) is 17.7 Å². The normalized spacial score (nSPS) is 12.2. The van der Waals surface area contributed by atoms with Crippen LogP contribution in [0.5, 0.6) is 0 Å². The average molecular weight is 584 g/mol. The van der Waals surface area contributed by atoms with Gasteiger partial charge in [0.1, 0.15) is 0 Å². The van der Waals surface area contributed by atoms with Crippen LogP contribution in [-0.4, -0.2) is 27.6 Å². The number of pyridine rings is 1. The Balaban J connectivity index is 0.00000304. The SMILES string of the molecule is Br.O=C(Nc1cccc2c1C(=O)N(Cc1cccc(CNc3cccnc3)c1)C2=O)c1ccc(Cl)s1. The third-order valence-corrected chi connectivity index (χ3v) is 6.76. The van der Waals surface area contributed by atoms with E-state index < -0.39 is 5.91 Å². The number of nitrogens with one attached hydrogen (secondary N) is 2. The molecule has 0 aliphatic carbocycles. The molecule has 10 heteroatoms. The lowest BCUT2D eigenvalue weighted by atomic mass is 10.1. The summed E-state index contributed by atoms with van der Waals surface area (Å²) in [5.41, 5.74) is 3.49. The molecule has 3 amide bonds. The van der Waals surface area contributed by atoms with Crippen molar-refractivity contribution < 1.29 is 14.4 Å². The number of hydrogen-bond acceptors (Lipinski definition) is 6. The molecule has 182 valence electrons. The Morgan fingerprint density at radius 2 is 1.78 bits per heavy atom. The van der Waals surface area contributed by atoms with Gasteiger partial charge >= 0.3 is 0 Å². The predicted molar refractivity (Wildman–Crippen MR) is 146 cm³/mol. The fraction of sp³-hybridized carbons (Fsp3) is 0.0769. The predicted octanol–water partition coefficient (Wildman–Crippen LogP) is 6.04. The molecule has 0 bridgehead atoms. The van der Waals surface area contributed by atoms with E-state index in [-0.39, 0.29) is 46.5 Å². The summed E-state index contributed by atoms with van der Waals surface area (Å²) in [4.78, 5) is 44.7. The number of fused-ring (bicyclic) bond motifs is 1. The van der Waals surface area contributed by atoms with Gasteiger partial charge < -0.3 is 10.6 Å². The molecule has 36 heavy (non-hydrogen) atoms. The number of benzene rings is 2. The summed E-state index contributed by atoms with van der Waals surface area (Å²) in [5.74, 6) is -1.22. The molecule has 7 nitrogen and oxygen atoms in total. The number of halogens is 2. The molecule has 2 aromatic carbocycles. The van der Waals surface area contributed by atoms with Crippen molar-refractivity contribution in [2.75, 3.05) is 10.6 Å². The number of thiophene rings is 1. The van der Waals surface area contributed by atoms with E-state index in [4.69, 9.17) is 11.6 Å². The number of rotatable bonds is 7. The van der Waals surface area contributed by atoms with Crippen molar-refractivity contribution >= 4 is 69.0 Å². The Labute approximate surface area is 226 Å². The third-order valence-electron chi connectivity index (χ3n) is 5.53. The van der Waals surface area contributed by atoms with Crippen LogP contribution in [0.4, 0.5) is 11.4 Å². The number of carbonyl (C=O) groups is 3. The fourth-order valence-electron chi connectivity index (χ4n) is 3.89. The van der Waals surface area contributed by atoms with Crippen molar-refractivity contribution in [3.8, 4) is 0 Å². The van der Waals surface area contributed by atoms with E-state index in [2.05, 4.69) is 15.6 Å². The minimum atomic E-state index is -0.441. The highest BCUT2D eigenvalue weighted by atomic mass is 79.9. The van der Waals surface area contributed by atoms with E-state index in [0.29, 0.717) is 21.4 Å². The average Bonchev–Trinajstić information content (AvgIpc) is 3.41. The number of amides is 3. The maximum absolute atomic E-state index is 13.3. The Hall–Kier alpha value is -3.53. The first kappa shape index (κ1) is 25.6. The zero-order valence-corrected chi connectivity index (χ0v) is 22.0. The van der Waals surface area contributed by atoms with Crippen molar-refractivity contribution in [2.24, 2.45) is 0 Å². The fourth-order valence-corrected chi connectivity index (χ4v) is 4.83. The molecule has 0 unspecified atom stereocenters. The summed E-state index contributed by atoms with van der Waals surface area (Å²) in [6.07, 6.45) is 3.45. The van der Waals surface area contributed by atoms with Crippen LogP contribution in [0.2, 0.25) is 4.34 Å². The van der Waals surface area contributed by atoms with Crippen LogP contribution in [0, 0.1) is 0 Å². The van der Waals surface area contributed by atoms with Crippen molar-refractivity contribution in [3.63, 3.8) is 0 Å². The first-order valence-electron chi connectivity index (χ1n) is 10.8. The van der Waals surface area contributed by atoms with Crippen LogP contribution in [0.25, 0.3) is 0 Å². The molecule has 1 aliphatic heterocycles. The molecule has 0 atom stereocenters. The van der Waals surface area contributed by atoms with Crippen LogP contribution in [-0.2, 0) is 13.1 Å². The molecule has 2 aromatic heterocycles. The summed E-state index contributed by atoms with van der Waals surface area (Å²) in [5, 5.41) is 6.04. The van der Waals surface area contributed by atoms with E-state index in [1.807, 2.05) is 36.4 Å². The van der Waals surface area contributed by atoms with E-state index in [9.17, 15) is 14.4 Å². The number of carbonyl (C=O) groups excluding carboxylic acids is 3. The highest BCUT2D eigenvalue weighted by molar-refractivity contribution is 8.93. The molecular formula is C26H20BrClN4O3S. The van der Waals surface area contributed by atoms with Gasteiger partial charge in [-0.3, -0.25) is 24.3 Å². The molecular weight excluding hydrogens is 564 g/mol. The minimum Gasteiger partial charge on any atom is -0.380 e. The van der Waals surface area contributed by atoms with Crippen molar-refractivity contribution in [1.82, 2.24) is 9.88 Å². The van der Waals surface area contributed by atoms with Gasteiger partial charge in [-0.05, 0) is 47.5 Å². The van der Waals surface area contributed by atoms with Crippen molar-refractivity contribution in [2.45, 2.75) is 13.1 Å². The molecule has 0 radical (unpaired) electrons. The minimum absolute atomic E-state index is 0. The highest BCUT2D eigenvalue weighted by Gasteiger charge is 2.37. The molecule has 5 rings (SSSR count). The Kier molecular flexibility index (Phi) is 7.83. The van der Waals surface area contributed by atoms with E-state index >= 15 is 0 Å². The molecule has 0 fully saturated rings. The first-order valence-corrected chi connectivity index (χ1v) is 12.0. The lowest BCUT2D eigenvalue weighted by Gasteiger charge is -2.15. The van der Waals surface area contributed by atoms with Gasteiger partial charge in [0.05, 0.1) is 38.3 Å². The quantitative estimate of drug-likeness (QED) is 0.259. The monoisotopic (exact) mass is 582 g/mol. The van der Waals surface area contributed by atoms with Crippen LogP contribution in [0.3, 0.4) is 0 Å². The van der Waals surface area contributed by atoms with Crippen molar-refractivity contribution in [3.05, 3.63) is 111 Å². The molecule has 0 saturated carbocycles. The van der Waals surface area contributed by atoms with Gasteiger partial charge in [-0.2, -0.15) is 0 Å². The zero-order valence-electron chi connectivity index (χ0n) is 18.7. The summed E-state index contributed by atoms with van der Waals surface area (Å²) in [6.45, 7) is 0.700. The van der Waals surface area contributed by atoms with E-state index in [1.165, 1.54) is 4.90 Å². The number of nitrogens with zero attached hydrogens (tertiary/aromatic N) is 2. The maximum Gasteiger partial charge on any atom is 0.265 e. The summed E-state index contributed by atoms with van der Waals surface area (Å²) < 4.78 is 0.490. The molecule has 3 heterocycles. The third kappa shape index (κ3) is 5.33. The number of anilines is 2. The van der Waals surface area contributed by atoms with Crippen LogP contribution in [0.15, 0.2) is 79.1 Å². The topological polar surface area (TPSA) is 91.4 Å². The molecule has 0 spiro atoms. The van der Waals surface area contributed by atoms with E-state index in [0.717, 1.165) is 28.2 Å². The Morgan fingerprint density at radius 1 is 0.972 bits per heavy atom. The number of hydrogen-bond donors (Lipinski definition) is 2. The molecule has 0 saturated heterocycles. The standard InChI is InChI=1S/C26H19ClN4O3S.BrH/c27-22-10-9-21(35-22)24(32)30-20-8-2-7-19-23(20)26(34)31(25(19)33)15-17-5-1-4-16(12-17)13-29-18-6-3-11-28-14-18;/h1-12,14,29H,13,15H2,(H,30,32);1H. The van der Waals surface area contributed by atoms with Gasteiger partial charge in [0, 0.05) is 18.9 Å². The van der Waals surface area contributed by atoms with E-state index in [1.54, 1.807) is 42.7 Å². The van der Waals surface area contributed by atoms with Crippen LogP contribution >= 0.6 is 39.9 Å². The van der Waals surface area contributed by atoms with Gasteiger partial charge in [0.2, 0.25) is 0 Å². The summed E-state index contributed by atoms with van der Waals surface area (Å²) in [7, 11) is 0. The second kappa shape index (κ2) is 11.0. The Bertz CT molecular complexity index is 1440. The Morgan fingerprint density at radius 3 is 2.53 bits per heavy atom. The first-order chi connectivity index (χ1) is 17.0. The maximum atomic E-state index is 13.3. The van der Waals surface area contributed by atoms with Crippen LogP contribution < -0.4 is 10.6 Å². The lowest BCUT2D eigenvalue weighted by Crippen LogP contribution is -2.29.